The van der Waals surface area contributed by atoms with Crippen LogP contribution in [0, 0.1) is 0 Å². The zero-order chi connectivity index (χ0) is 16.5. The number of morpholine rings is 1. The van der Waals surface area contributed by atoms with Crippen molar-refractivity contribution in [2.24, 2.45) is 7.05 Å². The van der Waals surface area contributed by atoms with Crippen LogP contribution in [0.4, 0.5) is 5.69 Å². The zero-order valence-electron chi connectivity index (χ0n) is 13.7. The Hall–Kier alpha value is -2.25. The number of nitrogens with zero attached hydrogens (tertiary/aromatic N) is 5. The van der Waals surface area contributed by atoms with E-state index in [1.165, 1.54) is 0 Å². The van der Waals surface area contributed by atoms with Crippen molar-refractivity contribution in [3.05, 3.63) is 42.5 Å². The zero-order valence-corrected chi connectivity index (χ0v) is 13.7. The minimum Gasteiger partial charge on any atom is -0.368 e. The molecule has 7 heteroatoms. The first kappa shape index (κ1) is 15.3. The van der Waals surface area contributed by atoms with E-state index in [0.717, 1.165) is 31.0 Å². The first-order valence-corrected chi connectivity index (χ1v) is 8.30. The molecule has 0 bridgehead atoms. The second kappa shape index (κ2) is 6.33. The number of rotatable bonds is 3. The third-order valence-corrected chi connectivity index (χ3v) is 4.82. The van der Waals surface area contributed by atoms with Gasteiger partial charge in [-0.15, -0.1) is 10.2 Å². The molecule has 4 rings (SSSR count). The highest BCUT2D eigenvalue weighted by Gasteiger charge is 2.39. The standard InChI is InChI=1S/C17H21N5O2/c1-20-12-18-19-16(20)15-11-21(9-10-24-15)14-7-8-22(17(14)23)13-5-3-2-4-6-13/h2-6,12,14-15H,7-11H2,1H3/t14-,15+/m0/s1. The fourth-order valence-electron chi connectivity index (χ4n) is 3.56. The van der Waals surface area contributed by atoms with Gasteiger partial charge in [0.25, 0.3) is 0 Å². The van der Waals surface area contributed by atoms with Crippen LogP contribution in [0.15, 0.2) is 36.7 Å². The van der Waals surface area contributed by atoms with E-state index in [0.29, 0.717) is 13.2 Å². The Morgan fingerprint density at radius 1 is 1.21 bits per heavy atom. The smallest absolute Gasteiger partial charge is 0.244 e. The molecule has 0 aliphatic carbocycles. The Bertz CT molecular complexity index is 717. The molecular formula is C17H21N5O2. The van der Waals surface area contributed by atoms with Crippen molar-refractivity contribution in [1.82, 2.24) is 19.7 Å². The lowest BCUT2D eigenvalue weighted by Gasteiger charge is -2.35. The molecule has 24 heavy (non-hydrogen) atoms. The molecule has 2 saturated heterocycles. The summed E-state index contributed by atoms with van der Waals surface area (Å²) in [6.45, 7) is 2.81. The number of aryl methyl sites for hydroxylation is 1. The van der Waals surface area contributed by atoms with Gasteiger partial charge in [0.05, 0.1) is 12.6 Å². The van der Waals surface area contributed by atoms with Crippen LogP contribution in [-0.4, -0.2) is 57.9 Å². The Kier molecular flexibility index (Phi) is 4.03. The fourth-order valence-corrected chi connectivity index (χ4v) is 3.56. The average molecular weight is 327 g/mol. The number of aromatic nitrogens is 3. The highest BCUT2D eigenvalue weighted by molar-refractivity contribution is 5.99. The second-order valence-corrected chi connectivity index (χ2v) is 6.28. The summed E-state index contributed by atoms with van der Waals surface area (Å²) in [5, 5.41) is 8.07. The van der Waals surface area contributed by atoms with E-state index >= 15 is 0 Å². The average Bonchev–Trinajstić information content (AvgIpc) is 3.21. The Balaban J connectivity index is 1.48. The molecule has 2 aliphatic rings. The Labute approximate surface area is 140 Å². The second-order valence-electron chi connectivity index (χ2n) is 6.28. The van der Waals surface area contributed by atoms with E-state index in [1.807, 2.05) is 46.8 Å². The Morgan fingerprint density at radius 2 is 2.04 bits per heavy atom. The summed E-state index contributed by atoms with van der Waals surface area (Å²) >= 11 is 0. The van der Waals surface area contributed by atoms with Crippen LogP contribution in [0.25, 0.3) is 0 Å². The first-order chi connectivity index (χ1) is 11.7. The van der Waals surface area contributed by atoms with Crippen LogP contribution in [0.1, 0.15) is 18.3 Å². The molecule has 2 aromatic rings. The molecule has 1 amide bonds. The van der Waals surface area contributed by atoms with E-state index in [9.17, 15) is 4.79 Å². The summed E-state index contributed by atoms with van der Waals surface area (Å²) in [6.07, 6.45) is 2.39. The molecule has 0 saturated carbocycles. The maximum absolute atomic E-state index is 12.9. The van der Waals surface area contributed by atoms with Crippen molar-refractivity contribution in [1.29, 1.82) is 0 Å². The van der Waals surface area contributed by atoms with E-state index in [1.54, 1.807) is 6.33 Å². The molecule has 1 aromatic heterocycles. The molecule has 0 unspecified atom stereocenters. The van der Waals surface area contributed by atoms with E-state index in [4.69, 9.17) is 4.74 Å². The molecule has 126 valence electrons. The molecule has 0 spiro atoms. The summed E-state index contributed by atoms with van der Waals surface area (Å²) in [6, 6.07) is 9.80. The highest BCUT2D eigenvalue weighted by Crippen LogP contribution is 2.28. The minimum atomic E-state index is -0.134. The van der Waals surface area contributed by atoms with Gasteiger partial charge >= 0.3 is 0 Å². The number of ether oxygens (including phenoxy) is 1. The van der Waals surface area contributed by atoms with Crippen molar-refractivity contribution in [3.8, 4) is 0 Å². The SMILES string of the molecule is Cn1cnnc1[C@H]1CN([C@H]2CCN(c3ccccc3)C2=O)CCO1. The number of hydrogen-bond donors (Lipinski definition) is 0. The first-order valence-electron chi connectivity index (χ1n) is 8.30. The van der Waals surface area contributed by atoms with Gasteiger partial charge in [0, 0.05) is 32.4 Å². The molecule has 0 radical (unpaired) electrons. The summed E-state index contributed by atoms with van der Waals surface area (Å²) in [5.74, 6) is 0.991. The van der Waals surface area contributed by atoms with E-state index in [-0.39, 0.29) is 18.1 Å². The maximum atomic E-state index is 12.9. The Morgan fingerprint density at radius 3 is 2.79 bits per heavy atom. The number of hydrogen-bond acceptors (Lipinski definition) is 5. The molecule has 0 N–H and O–H groups in total. The van der Waals surface area contributed by atoms with Gasteiger partial charge in [-0.1, -0.05) is 18.2 Å². The van der Waals surface area contributed by atoms with Crippen LogP contribution in [-0.2, 0) is 16.6 Å². The van der Waals surface area contributed by atoms with Gasteiger partial charge in [-0.05, 0) is 18.6 Å². The van der Waals surface area contributed by atoms with Gasteiger partial charge in [-0.2, -0.15) is 0 Å². The van der Waals surface area contributed by atoms with Crippen LogP contribution < -0.4 is 4.90 Å². The number of amides is 1. The van der Waals surface area contributed by atoms with Crippen molar-refractivity contribution >= 4 is 11.6 Å². The molecule has 2 fully saturated rings. The summed E-state index contributed by atoms with van der Waals surface area (Å²) in [5.41, 5.74) is 0.975. The third kappa shape index (κ3) is 2.70. The number of anilines is 1. The summed E-state index contributed by atoms with van der Waals surface area (Å²) < 4.78 is 7.73. The number of para-hydroxylation sites is 1. The third-order valence-electron chi connectivity index (χ3n) is 4.82. The van der Waals surface area contributed by atoms with E-state index < -0.39 is 0 Å². The number of carbonyl (C=O) groups excluding carboxylic acids is 1. The topological polar surface area (TPSA) is 63.5 Å². The maximum Gasteiger partial charge on any atom is 0.244 e. The lowest BCUT2D eigenvalue weighted by Crippen LogP contribution is -2.48. The van der Waals surface area contributed by atoms with Crippen molar-refractivity contribution in [2.45, 2.75) is 18.6 Å². The largest absolute Gasteiger partial charge is 0.368 e. The monoisotopic (exact) mass is 327 g/mol. The lowest BCUT2D eigenvalue weighted by atomic mass is 10.1. The fraction of sp³-hybridized carbons (Fsp3) is 0.471. The van der Waals surface area contributed by atoms with Crippen LogP contribution in [0.2, 0.25) is 0 Å². The number of benzene rings is 1. The van der Waals surface area contributed by atoms with Crippen LogP contribution in [0.5, 0.6) is 0 Å². The van der Waals surface area contributed by atoms with Gasteiger partial charge < -0.3 is 14.2 Å². The molecular weight excluding hydrogens is 306 g/mol. The van der Waals surface area contributed by atoms with Gasteiger partial charge in [0.2, 0.25) is 5.91 Å². The van der Waals surface area contributed by atoms with Crippen molar-refractivity contribution in [3.63, 3.8) is 0 Å². The van der Waals surface area contributed by atoms with Crippen molar-refractivity contribution in [2.75, 3.05) is 31.1 Å². The predicted molar refractivity (Wildman–Crippen MR) is 88.5 cm³/mol. The molecule has 2 atom stereocenters. The van der Waals surface area contributed by atoms with Gasteiger partial charge in [0.15, 0.2) is 5.82 Å². The lowest BCUT2D eigenvalue weighted by molar-refractivity contribution is -0.125. The minimum absolute atomic E-state index is 0.0789. The van der Waals surface area contributed by atoms with E-state index in [2.05, 4.69) is 15.1 Å². The summed E-state index contributed by atoms with van der Waals surface area (Å²) in [4.78, 5) is 17.0. The summed E-state index contributed by atoms with van der Waals surface area (Å²) in [7, 11) is 1.91. The van der Waals surface area contributed by atoms with Crippen LogP contribution >= 0.6 is 0 Å². The van der Waals surface area contributed by atoms with Gasteiger partial charge in [-0.25, -0.2) is 0 Å². The molecule has 3 heterocycles. The van der Waals surface area contributed by atoms with Crippen LogP contribution in [0.3, 0.4) is 0 Å². The van der Waals surface area contributed by atoms with Gasteiger partial charge in [-0.3, -0.25) is 9.69 Å². The molecule has 1 aromatic carbocycles. The molecule has 2 aliphatic heterocycles. The number of carbonyl (C=O) groups is 1. The predicted octanol–water partition coefficient (Wildman–Crippen LogP) is 0.994. The molecule has 7 nitrogen and oxygen atoms in total. The normalized spacial score (nSPS) is 25.4. The van der Waals surface area contributed by atoms with Gasteiger partial charge in [0.1, 0.15) is 12.4 Å². The highest BCUT2D eigenvalue weighted by atomic mass is 16.5. The quantitative estimate of drug-likeness (QED) is 0.841. The van der Waals surface area contributed by atoms with Crippen molar-refractivity contribution < 1.29 is 9.53 Å².